The molecule has 1 spiro atoms. The average molecular weight is 371 g/mol. The number of hydrogen-bond acceptors (Lipinski definition) is 5. The van der Waals surface area contributed by atoms with Crippen LogP contribution in [0.4, 0.5) is 0 Å². The SMILES string of the molecule is CN(CCN1CCCCC1)C(=O)[C@H]1CC[C@@]2(CC1)OC(=O)c1ccncc12. The molecule has 0 N–H and O–H groups in total. The molecular formula is C21H29N3O3. The average Bonchev–Trinajstić information content (AvgIpc) is 2.99. The van der Waals surface area contributed by atoms with Gasteiger partial charge in [0.25, 0.3) is 0 Å². The molecule has 0 radical (unpaired) electrons. The summed E-state index contributed by atoms with van der Waals surface area (Å²) in [6.45, 7) is 4.08. The summed E-state index contributed by atoms with van der Waals surface area (Å²) in [7, 11) is 1.92. The number of hydrogen-bond donors (Lipinski definition) is 0. The van der Waals surface area contributed by atoms with E-state index in [1.54, 1.807) is 18.5 Å². The number of rotatable bonds is 4. The van der Waals surface area contributed by atoms with Crippen molar-refractivity contribution < 1.29 is 14.3 Å². The molecular weight excluding hydrogens is 342 g/mol. The highest BCUT2D eigenvalue weighted by Gasteiger charge is 2.48. The van der Waals surface area contributed by atoms with Gasteiger partial charge in [-0.2, -0.15) is 0 Å². The van der Waals surface area contributed by atoms with Crippen molar-refractivity contribution in [1.29, 1.82) is 0 Å². The second-order valence-electron chi connectivity index (χ2n) is 8.24. The van der Waals surface area contributed by atoms with Gasteiger partial charge in [-0.05, 0) is 57.7 Å². The van der Waals surface area contributed by atoms with Crippen LogP contribution in [0.2, 0.25) is 0 Å². The first-order valence-corrected chi connectivity index (χ1v) is 10.2. The highest BCUT2D eigenvalue weighted by molar-refractivity contribution is 5.94. The lowest BCUT2D eigenvalue weighted by atomic mass is 9.75. The molecule has 0 unspecified atom stereocenters. The number of aromatic nitrogens is 1. The van der Waals surface area contributed by atoms with E-state index < -0.39 is 5.60 Å². The molecule has 1 aromatic rings. The predicted octanol–water partition coefficient (Wildman–Crippen LogP) is 2.58. The van der Waals surface area contributed by atoms with Crippen molar-refractivity contribution in [3.8, 4) is 0 Å². The second-order valence-corrected chi connectivity index (χ2v) is 8.24. The van der Waals surface area contributed by atoms with E-state index in [1.807, 2.05) is 11.9 Å². The van der Waals surface area contributed by atoms with E-state index in [0.717, 1.165) is 44.6 Å². The maximum Gasteiger partial charge on any atom is 0.339 e. The Kier molecular flexibility index (Phi) is 5.17. The van der Waals surface area contributed by atoms with Gasteiger partial charge in [0.05, 0.1) is 5.56 Å². The van der Waals surface area contributed by atoms with Crippen molar-refractivity contribution in [3.63, 3.8) is 0 Å². The Morgan fingerprint density at radius 3 is 2.78 bits per heavy atom. The van der Waals surface area contributed by atoms with E-state index in [0.29, 0.717) is 18.4 Å². The zero-order chi connectivity index (χ0) is 18.9. The number of fused-ring (bicyclic) bond motifs is 2. The summed E-state index contributed by atoms with van der Waals surface area (Å²) in [6.07, 6.45) is 10.2. The lowest BCUT2D eigenvalue weighted by Crippen LogP contribution is -2.43. The lowest BCUT2D eigenvalue weighted by molar-refractivity contribution is -0.137. The molecule has 27 heavy (non-hydrogen) atoms. The Bertz CT molecular complexity index is 706. The Morgan fingerprint density at radius 1 is 1.30 bits per heavy atom. The number of ether oxygens (including phenoxy) is 1. The molecule has 1 aromatic heterocycles. The molecule has 3 aliphatic rings. The van der Waals surface area contributed by atoms with E-state index in [2.05, 4.69) is 9.88 Å². The molecule has 1 amide bonds. The van der Waals surface area contributed by atoms with Crippen molar-refractivity contribution in [3.05, 3.63) is 29.6 Å². The number of nitrogens with zero attached hydrogens (tertiary/aromatic N) is 3. The first kappa shape index (κ1) is 18.4. The molecule has 2 fully saturated rings. The van der Waals surface area contributed by atoms with E-state index in [-0.39, 0.29) is 17.8 Å². The fourth-order valence-electron chi connectivity index (χ4n) is 4.82. The van der Waals surface area contributed by atoms with Crippen LogP contribution in [-0.4, -0.2) is 59.9 Å². The zero-order valence-corrected chi connectivity index (χ0v) is 16.2. The molecule has 3 heterocycles. The van der Waals surface area contributed by atoms with Gasteiger partial charge in [-0.15, -0.1) is 0 Å². The summed E-state index contributed by atoms with van der Waals surface area (Å²) in [6, 6.07) is 1.73. The topological polar surface area (TPSA) is 62.7 Å². The summed E-state index contributed by atoms with van der Waals surface area (Å²) >= 11 is 0. The van der Waals surface area contributed by atoms with Gasteiger partial charge in [-0.1, -0.05) is 6.42 Å². The summed E-state index contributed by atoms with van der Waals surface area (Å²) in [5, 5.41) is 0. The van der Waals surface area contributed by atoms with E-state index in [4.69, 9.17) is 4.74 Å². The first-order chi connectivity index (χ1) is 13.1. The van der Waals surface area contributed by atoms with Crippen molar-refractivity contribution in [2.45, 2.75) is 50.5 Å². The number of piperidine rings is 1. The van der Waals surface area contributed by atoms with Gasteiger partial charge in [0.2, 0.25) is 5.91 Å². The summed E-state index contributed by atoms with van der Waals surface area (Å²) in [5.41, 5.74) is 0.969. The van der Waals surface area contributed by atoms with Crippen molar-refractivity contribution in [2.24, 2.45) is 5.92 Å². The van der Waals surface area contributed by atoms with Gasteiger partial charge in [0.15, 0.2) is 0 Å². The maximum atomic E-state index is 12.9. The van der Waals surface area contributed by atoms with E-state index >= 15 is 0 Å². The molecule has 1 saturated heterocycles. The Balaban J connectivity index is 1.32. The Morgan fingerprint density at radius 2 is 2.04 bits per heavy atom. The van der Waals surface area contributed by atoms with Gasteiger partial charge in [0.1, 0.15) is 5.60 Å². The van der Waals surface area contributed by atoms with Gasteiger partial charge in [-0.3, -0.25) is 9.78 Å². The fourth-order valence-corrected chi connectivity index (χ4v) is 4.82. The molecule has 1 saturated carbocycles. The first-order valence-electron chi connectivity index (χ1n) is 10.2. The van der Waals surface area contributed by atoms with Gasteiger partial charge in [-0.25, -0.2) is 4.79 Å². The molecule has 0 atom stereocenters. The summed E-state index contributed by atoms with van der Waals surface area (Å²) in [4.78, 5) is 33.6. The highest BCUT2D eigenvalue weighted by Crippen LogP contribution is 2.47. The Labute approximate surface area is 160 Å². The van der Waals surface area contributed by atoms with Crippen LogP contribution in [0.3, 0.4) is 0 Å². The minimum Gasteiger partial charge on any atom is -0.450 e. The van der Waals surface area contributed by atoms with Gasteiger partial charge in [0, 0.05) is 44.0 Å². The van der Waals surface area contributed by atoms with Crippen LogP contribution in [0.1, 0.15) is 60.9 Å². The summed E-state index contributed by atoms with van der Waals surface area (Å²) in [5.74, 6) is 0.00910. The fraction of sp³-hybridized carbons (Fsp3) is 0.667. The van der Waals surface area contributed by atoms with Crippen LogP contribution < -0.4 is 0 Å². The third-order valence-electron chi connectivity index (χ3n) is 6.54. The minimum atomic E-state index is -0.566. The zero-order valence-electron chi connectivity index (χ0n) is 16.2. The van der Waals surface area contributed by atoms with E-state index in [9.17, 15) is 9.59 Å². The number of carbonyl (C=O) groups is 2. The standard InChI is InChI=1S/C21H29N3O3/c1-23(13-14-24-11-3-2-4-12-24)19(25)16-5-8-21(9-6-16)18-15-22-10-7-17(18)20(26)27-21/h7,10,15-16H,2-6,8-9,11-14H2,1H3/t16-,21-. The minimum absolute atomic E-state index is 0.0291. The number of likely N-dealkylation sites (N-methyl/N-ethyl adjacent to an activating group) is 1. The molecule has 2 aliphatic heterocycles. The molecule has 4 rings (SSSR count). The predicted molar refractivity (Wildman–Crippen MR) is 101 cm³/mol. The number of pyridine rings is 1. The van der Waals surface area contributed by atoms with Crippen molar-refractivity contribution in [1.82, 2.24) is 14.8 Å². The van der Waals surface area contributed by atoms with Gasteiger partial charge < -0.3 is 14.5 Å². The molecule has 0 bridgehead atoms. The monoisotopic (exact) mass is 371 g/mol. The third-order valence-corrected chi connectivity index (χ3v) is 6.54. The number of amides is 1. The summed E-state index contributed by atoms with van der Waals surface area (Å²) < 4.78 is 5.77. The van der Waals surface area contributed by atoms with Crippen LogP contribution in [0.15, 0.2) is 18.5 Å². The quantitative estimate of drug-likeness (QED) is 0.761. The Hall–Kier alpha value is -1.95. The maximum absolute atomic E-state index is 12.9. The van der Waals surface area contributed by atoms with Crippen LogP contribution in [0.25, 0.3) is 0 Å². The number of carbonyl (C=O) groups excluding carboxylic acids is 2. The normalized spacial score (nSPS) is 28.0. The lowest BCUT2D eigenvalue weighted by Gasteiger charge is -2.37. The van der Waals surface area contributed by atoms with Crippen LogP contribution in [-0.2, 0) is 15.1 Å². The number of likely N-dealkylation sites (tertiary alicyclic amines) is 1. The van der Waals surface area contributed by atoms with Crippen LogP contribution >= 0.6 is 0 Å². The molecule has 6 heteroatoms. The van der Waals surface area contributed by atoms with Crippen molar-refractivity contribution >= 4 is 11.9 Å². The molecule has 6 nitrogen and oxygen atoms in total. The smallest absolute Gasteiger partial charge is 0.339 e. The number of esters is 1. The largest absolute Gasteiger partial charge is 0.450 e. The molecule has 146 valence electrons. The van der Waals surface area contributed by atoms with Crippen molar-refractivity contribution in [2.75, 3.05) is 33.2 Å². The highest BCUT2D eigenvalue weighted by atomic mass is 16.6. The van der Waals surface area contributed by atoms with E-state index in [1.165, 1.54) is 19.3 Å². The third kappa shape index (κ3) is 3.59. The van der Waals surface area contributed by atoms with Crippen LogP contribution in [0.5, 0.6) is 0 Å². The molecule has 0 aromatic carbocycles. The van der Waals surface area contributed by atoms with Gasteiger partial charge >= 0.3 is 5.97 Å². The second kappa shape index (κ2) is 7.58. The van der Waals surface area contributed by atoms with Crippen LogP contribution in [0, 0.1) is 5.92 Å². The molecule has 1 aliphatic carbocycles.